The molecule has 1 rings (SSSR count). The van der Waals surface area contributed by atoms with Gasteiger partial charge in [-0.05, 0) is 19.9 Å². The Hall–Kier alpha value is -1.00. The standard InChI is InChI=1S/C10H17N3O/c1-3-4-11-7-10(2,14)9-5-12-8-13-6-9/h5-6,8,11,14H,3-4,7H2,1-2H3. The maximum Gasteiger partial charge on any atom is 0.115 e. The first-order valence-electron chi connectivity index (χ1n) is 4.85. The van der Waals surface area contributed by atoms with E-state index in [9.17, 15) is 5.11 Å². The summed E-state index contributed by atoms with van der Waals surface area (Å²) in [7, 11) is 0. The molecule has 0 aliphatic heterocycles. The van der Waals surface area contributed by atoms with Gasteiger partial charge in [-0.25, -0.2) is 9.97 Å². The Morgan fingerprint density at radius 1 is 1.43 bits per heavy atom. The smallest absolute Gasteiger partial charge is 0.115 e. The minimum absolute atomic E-state index is 0.522. The van der Waals surface area contributed by atoms with Crippen LogP contribution in [0, 0.1) is 0 Å². The van der Waals surface area contributed by atoms with Crippen molar-refractivity contribution in [3.05, 3.63) is 24.3 Å². The molecule has 0 radical (unpaired) electrons. The van der Waals surface area contributed by atoms with Gasteiger partial charge < -0.3 is 10.4 Å². The summed E-state index contributed by atoms with van der Waals surface area (Å²) >= 11 is 0. The highest BCUT2D eigenvalue weighted by molar-refractivity contribution is 5.13. The summed E-state index contributed by atoms with van der Waals surface area (Å²) < 4.78 is 0. The van der Waals surface area contributed by atoms with Crippen LogP contribution in [0.2, 0.25) is 0 Å². The zero-order valence-electron chi connectivity index (χ0n) is 8.70. The van der Waals surface area contributed by atoms with Crippen LogP contribution in [-0.4, -0.2) is 28.2 Å². The van der Waals surface area contributed by atoms with Crippen molar-refractivity contribution in [1.29, 1.82) is 0 Å². The lowest BCUT2D eigenvalue weighted by Gasteiger charge is -2.23. The number of hydrogen-bond donors (Lipinski definition) is 2. The van der Waals surface area contributed by atoms with E-state index in [-0.39, 0.29) is 0 Å². The second-order valence-electron chi connectivity index (χ2n) is 3.58. The lowest BCUT2D eigenvalue weighted by molar-refractivity contribution is 0.0565. The number of rotatable bonds is 5. The maximum absolute atomic E-state index is 10.1. The van der Waals surface area contributed by atoms with Crippen LogP contribution in [0.4, 0.5) is 0 Å². The first kappa shape index (κ1) is 11.1. The van der Waals surface area contributed by atoms with Crippen molar-refractivity contribution in [2.75, 3.05) is 13.1 Å². The van der Waals surface area contributed by atoms with E-state index >= 15 is 0 Å². The van der Waals surface area contributed by atoms with Gasteiger partial charge in [0.2, 0.25) is 0 Å². The molecule has 14 heavy (non-hydrogen) atoms. The zero-order chi connectivity index (χ0) is 10.4. The van der Waals surface area contributed by atoms with Crippen molar-refractivity contribution in [3.63, 3.8) is 0 Å². The molecule has 0 saturated carbocycles. The van der Waals surface area contributed by atoms with Gasteiger partial charge in [0.05, 0.1) is 0 Å². The van der Waals surface area contributed by atoms with E-state index in [1.54, 1.807) is 19.3 Å². The molecule has 1 atom stereocenters. The fourth-order valence-electron chi connectivity index (χ4n) is 1.19. The van der Waals surface area contributed by atoms with Crippen LogP contribution in [-0.2, 0) is 5.60 Å². The van der Waals surface area contributed by atoms with E-state index in [0.29, 0.717) is 6.54 Å². The number of aliphatic hydroxyl groups is 1. The van der Waals surface area contributed by atoms with Gasteiger partial charge in [0.15, 0.2) is 0 Å². The molecule has 0 amide bonds. The maximum atomic E-state index is 10.1. The fourth-order valence-corrected chi connectivity index (χ4v) is 1.19. The Morgan fingerprint density at radius 3 is 2.64 bits per heavy atom. The highest BCUT2D eigenvalue weighted by Gasteiger charge is 2.22. The van der Waals surface area contributed by atoms with E-state index in [2.05, 4.69) is 22.2 Å². The topological polar surface area (TPSA) is 58.0 Å². The minimum Gasteiger partial charge on any atom is -0.384 e. The summed E-state index contributed by atoms with van der Waals surface area (Å²) in [6, 6.07) is 0. The number of nitrogens with one attached hydrogen (secondary N) is 1. The largest absolute Gasteiger partial charge is 0.384 e. The zero-order valence-corrected chi connectivity index (χ0v) is 8.70. The van der Waals surface area contributed by atoms with Crippen molar-refractivity contribution in [2.45, 2.75) is 25.9 Å². The molecule has 1 heterocycles. The molecule has 0 spiro atoms. The fraction of sp³-hybridized carbons (Fsp3) is 0.600. The van der Waals surface area contributed by atoms with E-state index in [4.69, 9.17) is 0 Å². The van der Waals surface area contributed by atoms with Crippen molar-refractivity contribution < 1.29 is 5.11 Å². The van der Waals surface area contributed by atoms with Gasteiger partial charge in [-0.3, -0.25) is 0 Å². The Morgan fingerprint density at radius 2 is 2.07 bits per heavy atom. The number of aromatic nitrogens is 2. The van der Waals surface area contributed by atoms with Gasteiger partial charge in [0.25, 0.3) is 0 Å². The predicted molar refractivity (Wildman–Crippen MR) is 54.8 cm³/mol. The van der Waals surface area contributed by atoms with Crippen molar-refractivity contribution in [1.82, 2.24) is 15.3 Å². The molecular formula is C10H17N3O. The second-order valence-corrected chi connectivity index (χ2v) is 3.58. The summed E-state index contributed by atoms with van der Waals surface area (Å²) in [6.07, 6.45) is 5.79. The summed E-state index contributed by atoms with van der Waals surface area (Å²) in [5.41, 5.74) is -0.153. The van der Waals surface area contributed by atoms with E-state index < -0.39 is 5.60 Å². The average Bonchev–Trinajstić information content (AvgIpc) is 2.19. The molecule has 0 aliphatic carbocycles. The van der Waals surface area contributed by atoms with Crippen molar-refractivity contribution in [3.8, 4) is 0 Å². The van der Waals surface area contributed by atoms with Crippen LogP contribution < -0.4 is 5.32 Å². The molecule has 78 valence electrons. The molecule has 1 aromatic heterocycles. The summed E-state index contributed by atoms with van der Waals surface area (Å²) in [6.45, 7) is 5.28. The van der Waals surface area contributed by atoms with Gasteiger partial charge >= 0.3 is 0 Å². The molecule has 0 saturated heterocycles. The molecule has 4 nitrogen and oxygen atoms in total. The van der Waals surface area contributed by atoms with Crippen molar-refractivity contribution in [2.24, 2.45) is 0 Å². The molecule has 0 bridgehead atoms. The van der Waals surface area contributed by atoms with Gasteiger partial charge in [-0.2, -0.15) is 0 Å². The highest BCUT2D eigenvalue weighted by Crippen LogP contribution is 2.16. The third-order valence-electron chi connectivity index (χ3n) is 2.08. The first-order valence-corrected chi connectivity index (χ1v) is 4.85. The quantitative estimate of drug-likeness (QED) is 0.678. The normalized spacial score (nSPS) is 15.1. The summed E-state index contributed by atoms with van der Waals surface area (Å²) in [5.74, 6) is 0. The van der Waals surface area contributed by atoms with Crippen LogP contribution in [0.25, 0.3) is 0 Å². The van der Waals surface area contributed by atoms with Crippen LogP contribution in [0.3, 0.4) is 0 Å². The molecule has 2 N–H and O–H groups in total. The summed E-state index contributed by atoms with van der Waals surface area (Å²) in [4.78, 5) is 7.76. The SMILES string of the molecule is CCCNCC(C)(O)c1cncnc1. The third kappa shape index (κ3) is 3.05. The molecule has 4 heteroatoms. The predicted octanol–water partition coefficient (Wildman–Crippen LogP) is 0.684. The van der Waals surface area contributed by atoms with E-state index in [0.717, 1.165) is 18.5 Å². The molecule has 0 aromatic carbocycles. The molecule has 1 aromatic rings. The van der Waals surface area contributed by atoms with Gasteiger partial charge in [-0.1, -0.05) is 6.92 Å². The third-order valence-corrected chi connectivity index (χ3v) is 2.08. The minimum atomic E-state index is -0.892. The lowest BCUT2D eigenvalue weighted by Crippen LogP contribution is -2.35. The van der Waals surface area contributed by atoms with Crippen LogP contribution in [0.5, 0.6) is 0 Å². The van der Waals surface area contributed by atoms with Gasteiger partial charge in [-0.15, -0.1) is 0 Å². The molecule has 0 fully saturated rings. The second kappa shape index (κ2) is 5.02. The first-order chi connectivity index (χ1) is 6.67. The van der Waals surface area contributed by atoms with Gasteiger partial charge in [0, 0.05) is 24.5 Å². The van der Waals surface area contributed by atoms with Crippen LogP contribution in [0.1, 0.15) is 25.8 Å². The van der Waals surface area contributed by atoms with Crippen LogP contribution in [0.15, 0.2) is 18.7 Å². The Labute approximate surface area is 84.4 Å². The number of hydrogen-bond acceptors (Lipinski definition) is 4. The molecular weight excluding hydrogens is 178 g/mol. The van der Waals surface area contributed by atoms with Gasteiger partial charge in [0.1, 0.15) is 11.9 Å². The number of nitrogens with zero attached hydrogens (tertiary/aromatic N) is 2. The van der Waals surface area contributed by atoms with Crippen LogP contribution >= 0.6 is 0 Å². The van der Waals surface area contributed by atoms with E-state index in [1.165, 1.54) is 6.33 Å². The Balaban J connectivity index is 2.56. The molecule has 0 aliphatic rings. The monoisotopic (exact) mass is 195 g/mol. The Kier molecular flexibility index (Phi) is 3.98. The lowest BCUT2D eigenvalue weighted by atomic mass is 9.99. The van der Waals surface area contributed by atoms with E-state index in [1.807, 2.05) is 0 Å². The highest BCUT2D eigenvalue weighted by atomic mass is 16.3. The molecule has 1 unspecified atom stereocenters. The summed E-state index contributed by atoms with van der Waals surface area (Å²) in [5, 5.41) is 13.2. The average molecular weight is 195 g/mol. The Bertz CT molecular complexity index is 261. The van der Waals surface area contributed by atoms with Crippen molar-refractivity contribution >= 4 is 0 Å².